The summed E-state index contributed by atoms with van der Waals surface area (Å²) in [5, 5.41) is 2.67. The molecule has 0 saturated heterocycles. The van der Waals surface area contributed by atoms with Gasteiger partial charge in [0.15, 0.2) is 11.6 Å². The average Bonchev–Trinajstić information content (AvgIpc) is 3.30. The van der Waals surface area contributed by atoms with Crippen molar-refractivity contribution in [2.24, 2.45) is 0 Å². The molecule has 1 aromatic rings. The molecule has 1 saturated carbocycles. The van der Waals surface area contributed by atoms with E-state index in [4.69, 9.17) is 0 Å². The quantitative estimate of drug-likeness (QED) is 0.828. The summed E-state index contributed by atoms with van der Waals surface area (Å²) in [7, 11) is 1.58. The molecule has 1 N–H and O–H groups in total. The normalized spacial score (nSPS) is 15.1. The monoisotopic (exact) mass is 342 g/mol. The smallest absolute Gasteiger partial charge is 0.239 e. The number of amides is 2. The molecule has 126 valence electrons. The Hall–Kier alpha value is -1.63. The van der Waals surface area contributed by atoms with E-state index in [-0.39, 0.29) is 35.4 Å². The van der Waals surface area contributed by atoms with Crippen molar-refractivity contribution in [3.05, 3.63) is 35.4 Å². The van der Waals surface area contributed by atoms with Gasteiger partial charge in [0.1, 0.15) is 0 Å². The maximum absolute atomic E-state index is 13.2. The van der Waals surface area contributed by atoms with Gasteiger partial charge in [0.25, 0.3) is 0 Å². The first-order chi connectivity index (χ1) is 10.9. The number of thioether (sulfide) groups is 1. The molecule has 0 bridgehead atoms. The number of likely N-dealkylation sites (N-methyl/N-ethyl adjacent to an activating group) is 1. The van der Waals surface area contributed by atoms with Crippen LogP contribution in [0.2, 0.25) is 0 Å². The Kier molecular flexibility index (Phi) is 5.98. The highest BCUT2D eigenvalue weighted by atomic mass is 32.2. The standard InChI is InChI=1S/C16H20F2N2O2S/c1-10(11-3-6-13(17)14(18)7-11)23-9-16(22)20(2)8-15(21)19-12-4-5-12/h3,6-7,10,12H,4-5,8-9H2,1-2H3,(H,19,21)/t10-/m0/s1. The van der Waals surface area contributed by atoms with Crippen LogP contribution in [0.4, 0.5) is 8.78 Å². The number of nitrogens with one attached hydrogen (secondary N) is 1. The topological polar surface area (TPSA) is 49.4 Å². The molecule has 0 heterocycles. The summed E-state index contributed by atoms with van der Waals surface area (Å²) in [6, 6.07) is 4.00. The summed E-state index contributed by atoms with van der Waals surface area (Å²) in [4.78, 5) is 25.1. The van der Waals surface area contributed by atoms with Gasteiger partial charge in [0.2, 0.25) is 11.8 Å². The average molecular weight is 342 g/mol. The van der Waals surface area contributed by atoms with Gasteiger partial charge in [-0.05, 0) is 37.5 Å². The molecule has 4 nitrogen and oxygen atoms in total. The van der Waals surface area contributed by atoms with Crippen LogP contribution in [0.1, 0.15) is 30.6 Å². The van der Waals surface area contributed by atoms with E-state index in [0.717, 1.165) is 25.0 Å². The van der Waals surface area contributed by atoms with Crippen LogP contribution in [-0.4, -0.2) is 42.1 Å². The molecule has 2 rings (SSSR count). The van der Waals surface area contributed by atoms with Crippen LogP contribution >= 0.6 is 11.8 Å². The largest absolute Gasteiger partial charge is 0.352 e. The lowest BCUT2D eigenvalue weighted by atomic mass is 10.1. The van der Waals surface area contributed by atoms with Gasteiger partial charge in [0.05, 0.1) is 12.3 Å². The molecule has 0 spiro atoms. The van der Waals surface area contributed by atoms with E-state index in [1.165, 1.54) is 22.7 Å². The maximum atomic E-state index is 13.2. The Morgan fingerprint density at radius 3 is 2.65 bits per heavy atom. The van der Waals surface area contributed by atoms with Gasteiger partial charge in [-0.2, -0.15) is 0 Å². The van der Waals surface area contributed by atoms with Gasteiger partial charge in [-0.25, -0.2) is 8.78 Å². The van der Waals surface area contributed by atoms with E-state index >= 15 is 0 Å². The number of rotatable bonds is 7. The summed E-state index contributed by atoms with van der Waals surface area (Å²) in [6.07, 6.45) is 2.01. The van der Waals surface area contributed by atoms with E-state index in [1.807, 2.05) is 6.92 Å². The van der Waals surface area contributed by atoms with Crippen molar-refractivity contribution in [3.63, 3.8) is 0 Å². The molecule has 7 heteroatoms. The minimum Gasteiger partial charge on any atom is -0.352 e. The summed E-state index contributed by atoms with van der Waals surface area (Å²) >= 11 is 1.32. The SMILES string of the molecule is C[C@H](SCC(=O)N(C)CC(=O)NC1CC1)c1ccc(F)c(F)c1. The van der Waals surface area contributed by atoms with Gasteiger partial charge >= 0.3 is 0 Å². The lowest BCUT2D eigenvalue weighted by Crippen LogP contribution is -2.39. The van der Waals surface area contributed by atoms with Crippen molar-refractivity contribution < 1.29 is 18.4 Å². The maximum Gasteiger partial charge on any atom is 0.239 e. The number of benzene rings is 1. The number of hydrogen-bond acceptors (Lipinski definition) is 3. The van der Waals surface area contributed by atoms with E-state index in [1.54, 1.807) is 7.05 Å². The van der Waals surface area contributed by atoms with E-state index in [0.29, 0.717) is 5.56 Å². The molecule has 23 heavy (non-hydrogen) atoms. The Bertz CT molecular complexity index is 593. The minimum absolute atomic E-state index is 0.0372. The summed E-state index contributed by atoms with van der Waals surface area (Å²) < 4.78 is 26.1. The van der Waals surface area contributed by atoms with E-state index in [2.05, 4.69) is 5.32 Å². The molecule has 0 aromatic heterocycles. The molecule has 0 aliphatic heterocycles. The zero-order chi connectivity index (χ0) is 17.0. The number of halogens is 2. The second-order valence-corrected chi connectivity index (χ2v) is 7.05. The van der Waals surface area contributed by atoms with Gasteiger partial charge in [-0.15, -0.1) is 11.8 Å². The lowest BCUT2D eigenvalue weighted by Gasteiger charge is -2.18. The summed E-state index contributed by atoms with van der Waals surface area (Å²) in [5.41, 5.74) is 0.621. The molecule has 0 radical (unpaired) electrons. The van der Waals surface area contributed by atoms with Crippen LogP contribution < -0.4 is 5.32 Å². The zero-order valence-corrected chi connectivity index (χ0v) is 14.0. The second kappa shape index (κ2) is 7.77. The molecule has 1 aliphatic carbocycles. The van der Waals surface area contributed by atoms with Crippen molar-refractivity contribution in [2.45, 2.75) is 31.1 Å². The minimum atomic E-state index is -0.893. The van der Waals surface area contributed by atoms with Crippen molar-refractivity contribution in [1.29, 1.82) is 0 Å². The Morgan fingerprint density at radius 2 is 2.04 bits per heavy atom. The van der Waals surface area contributed by atoms with Gasteiger partial charge in [-0.3, -0.25) is 9.59 Å². The molecular weight excluding hydrogens is 322 g/mol. The lowest BCUT2D eigenvalue weighted by molar-refractivity contribution is -0.132. The zero-order valence-electron chi connectivity index (χ0n) is 13.1. The molecule has 2 amide bonds. The molecule has 1 aliphatic rings. The molecular formula is C16H20F2N2O2S. The fourth-order valence-electron chi connectivity index (χ4n) is 1.97. The van der Waals surface area contributed by atoms with Gasteiger partial charge in [-0.1, -0.05) is 6.07 Å². The van der Waals surface area contributed by atoms with Gasteiger partial charge < -0.3 is 10.2 Å². The Labute approximate surface area is 138 Å². The molecule has 0 unspecified atom stereocenters. The summed E-state index contributed by atoms with van der Waals surface area (Å²) in [6.45, 7) is 1.86. The van der Waals surface area contributed by atoms with Crippen LogP contribution in [0.5, 0.6) is 0 Å². The van der Waals surface area contributed by atoms with Crippen molar-refractivity contribution in [2.75, 3.05) is 19.3 Å². The highest BCUT2D eigenvalue weighted by Gasteiger charge is 2.24. The second-order valence-electron chi connectivity index (χ2n) is 5.72. The van der Waals surface area contributed by atoms with Crippen LogP contribution in [0.3, 0.4) is 0 Å². The first-order valence-electron chi connectivity index (χ1n) is 7.46. The molecule has 1 fully saturated rings. The van der Waals surface area contributed by atoms with Crippen molar-refractivity contribution >= 4 is 23.6 Å². The molecule has 1 atom stereocenters. The Balaban J connectivity index is 1.77. The first-order valence-corrected chi connectivity index (χ1v) is 8.51. The van der Waals surface area contributed by atoms with Gasteiger partial charge in [0, 0.05) is 18.3 Å². The van der Waals surface area contributed by atoms with E-state index < -0.39 is 11.6 Å². The van der Waals surface area contributed by atoms with Crippen LogP contribution in [-0.2, 0) is 9.59 Å². The number of hydrogen-bond donors (Lipinski definition) is 1. The highest BCUT2D eigenvalue weighted by Crippen LogP contribution is 2.29. The number of carbonyl (C=O) groups is 2. The van der Waals surface area contributed by atoms with E-state index in [9.17, 15) is 18.4 Å². The third-order valence-corrected chi connectivity index (χ3v) is 4.80. The molecule has 1 aromatic carbocycles. The van der Waals surface area contributed by atoms with Crippen LogP contribution in [0.15, 0.2) is 18.2 Å². The van der Waals surface area contributed by atoms with Crippen LogP contribution in [0.25, 0.3) is 0 Å². The highest BCUT2D eigenvalue weighted by molar-refractivity contribution is 8.00. The predicted molar refractivity (Wildman–Crippen MR) is 86.0 cm³/mol. The van der Waals surface area contributed by atoms with Crippen molar-refractivity contribution in [3.8, 4) is 0 Å². The fourth-order valence-corrected chi connectivity index (χ4v) is 2.92. The third kappa shape index (κ3) is 5.49. The number of carbonyl (C=O) groups excluding carboxylic acids is 2. The fraction of sp³-hybridized carbons (Fsp3) is 0.500. The van der Waals surface area contributed by atoms with Crippen molar-refractivity contribution in [1.82, 2.24) is 10.2 Å². The Morgan fingerprint density at radius 1 is 1.35 bits per heavy atom. The summed E-state index contributed by atoms with van der Waals surface area (Å²) in [5.74, 6) is -1.93. The van der Waals surface area contributed by atoms with Crippen LogP contribution in [0, 0.1) is 11.6 Å². The third-order valence-electron chi connectivity index (χ3n) is 3.62. The predicted octanol–water partition coefficient (Wildman–Crippen LogP) is 2.50. The number of nitrogens with zero attached hydrogens (tertiary/aromatic N) is 1. The first kappa shape index (κ1) is 17.7.